The number of anilines is 1. The number of likely N-dealkylation sites (tertiary alicyclic amines) is 1. The number of rotatable bonds is 9. The molecular formula is C24H35Cl2N5O3S. The standard InChI is InChI=1S/C24H33N5O3S.2ClH/c1-3-33(30,31)29(16-11-19-5-4-6-20(17-19)24(26)27)21-7-9-22(10-8-21)32-23-12-14-28(15-13-23)18(2)25;;/h4-10,17,23,25H,3,11-16H2,1-2H3,(H3,26,27);2*1H. The molecule has 2 aromatic rings. The molecule has 1 aliphatic heterocycles. The van der Waals surface area contributed by atoms with E-state index in [2.05, 4.69) is 0 Å². The van der Waals surface area contributed by atoms with Crippen molar-refractivity contribution in [3.63, 3.8) is 0 Å². The first-order valence-electron chi connectivity index (χ1n) is 11.2. The van der Waals surface area contributed by atoms with Crippen LogP contribution >= 0.6 is 24.8 Å². The fourth-order valence-electron chi connectivity index (χ4n) is 3.90. The lowest BCUT2D eigenvalue weighted by atomic mass is 10.1. The minimum atomic E-state index is -3.46. The average molecular weight is 545 g/mol. The van der Waals surface area contributed by atoms with Crippen LogP contribution < -0.4 is 14.8 Å². The van der Waals surface area contributed by atoms with Gasteiger partial charge in [0.05, 0.1) is 17.3 Å². The van der Waals surface area contributed by atoms with Gasteiger partial charge in [0, 0.05) is 38.0 Å². The normalized spacial score (nSPS) is 13.8. The zero-order chi connectivity index (χ0) is 24.0. The Hall–Kier alpha value is -2.49. The van der Waals surface area contributed by atoms with Crippen LogP contribution in [0.3, 0.4) is 0 Å². The van der Waals surface area contributed by atoms with Crippen molar-refractivity contribution < 1.29 is 13.2 Å². The minimum absolute atomic E-state index is 0. The highest BCUT2D eigenvalue weighted by Crippen LogP contribution is 2.25. The molecule has 0 atom stereocenters. The molecule has 1 heterocycles. The van der Waals surface area contributed by atoms with Gasteiger partial charge in [0.1, 0.15) is 17.7 Å². The Morgan fingerprint density at radius 3 is 2.29 bits per heavy atom. The lowest BCUT2D eigenvalue weighted by Gasteiger charge is -2.33. The van der Waals surface area contributed by atoms with Crippen molar-refractivity contribution >= 4 is 52.2 Å². The van der Waals surface area contributed by atoms with Crippen molar-refractivity contribution in [3.05, 3.63) is 59.7 Å². The van der Waals surface area contributed by atoms with Gasteiger partial charge in [-0.15, -0.1) is 24.8 Å². The number of nitrogen functional groups attached to an aromatic ring is 1. The first kappa shape index (κ1) is 30.5. The fourth-order valence-corrected chi connectivity index (χ4v) is 5.03. The van der Waals surface area contributed by atoms with Crippen LogP contribution in [-0.4, -0.2) is 56.5 Å². The first-order valence-corrected chi connectivity index (χ1v) is 12.8. The van der Waals surface area contributed by atoms with Crippen molar-refractivity contribution in [2.45, 2.75) is 39.2 Å². The van der Waals surface area contributed by atoms with Gasteiger partial charge in [-0.25, -0.2) is 8.42 Å². The van der Waals surface area contributed by atoms with Gasteiger partial charge in [0.2, 0.25) is 10.0 Å². The second-order valence-electron chi connectivity index (χ2n) is 8.22. The number of hydrogen-bond donors (Lipinski definition) is 3. The maximum Gasteiger partial charge on any atom is 0.234 e. The number of piperidine rings is 1. The van der Waals surface area contributed by atoms with Crippen LogP contribution in [0.25, 0.3) is 0 Å². The highest BCUT2D eigenvalue weighted by molar-refractivity contribution is 7.92. The molecule has 0 amide bonds. The Kier molecular flexibility index (Phi) is 11.8. The van der Waals surface area contributed by atoms with Gasteiger partial charge >= 0.3 is 0 Å². The molecule has 1 fully saturated rings. The quantitative estimate of drug-likeness (QED) is 0.325. The molecule has 0 unspecified atom stereocenters. The molecule has 0 saturated carbocycles. The molecule has 0 bridgehead atoms. The maximum absolute atomic E-state index is 12.8. The number of ether oxygens (including phenoxy) is 1. The van der Waals surface area contributed by atoms with E-state index in [9.17, 15) is 8.42 Å². The summed E-state index contributed by atoms with van der Waals surface area (Å²) >= 11 is 0. The van der Waals surface area contributed by atoms with Gasteiger partial charge in [-0.05, 0) is 56.2 Å². The van der Waals surface area contributed by atoms with Crippen molar-refractivity contribution in [3.8, 4) is 5.75 Å². The van der Waals surface area contributed by atoms with E-state index in [1.54, 1.807) is 32.0 Å². The third kappa shape index (κ3) is 8.30. The topological polar surface area (TPSA) is 124 Å². The SMILES string of the molecule is CCS(=O)(=O)N(CCc1cccc(C(=N)N)c1)c1ccc(OC2CCN(C(C)=N)CC2)cc1.Cl.Cl. The monoisotopic (exact) mass is 543 g/mol. The molecule has 2 aromatic carbocycles. The number of amidine groups is 2. The summed E-state index contributed by atoms with van der Waals surface area (Å²) in [6, 6.07) is 14.5. The van der Waals surface area contributed by atoms with Gasteiger partial charge < -0.3 is 15.4 Å². The Balaban J connectivity index is 0.00000306. The molecule has 3 rings (SSSR count). The van der Waals surface area contributed by atoms with Gasteiger partial charge in [0.15, 0.2) is 0 Å². The molecule has 194 valence electrons. The first-order chi connectivity index (χ1) is 15.7. The zero-order valence-corrected chi connectivity index (χ0v) is 22.5. The molecule has 0 aromatic heterocycles. The Bertz CT molecular complexity index is 1090. The summed E-state index contributed by atoms with van der Waals surface area (Å²) < 4.78 is 33.1. The van der Waals surface area contributed by atoms with Crippen LogP contribution in [0.2, 0.25) is 0 Å². The fraction of sp³-hybridized carbons (Fsp3) is 0.417. The van der Waals surface area contributed by atoms with Crippen molar-refractivity contribution in [1.82, 2.24) is 4.90 Å². The number of nitrogens with two attached hydrogens (primary N) is 1. The maximum atomic E-state index is 12.8. The van der Waals surface area contributed by atoms with Crippen LogP contribution in [0.5, 0.6) is 5.75 Å². The Labute approximate surface area is 220 Å². The summed E-state index contributed by atoms with van der Waals surface area (Å²) in [5, 5.41) is 15.3. The van der Waals surface area contributed by atoms with Crippen molar-refractivity contribution in [2.24, 2.45) is 5.73 Å². The van der Waals surface area contributed by atoms with E-state index in [-0.39, 0.29) is 42.5 Å². The molecule has 1 saturated heterocycles. The van der Waals surface area contributed by atoms with Gasteiger partial charge in [-0.1, -0.05) is 18.2 Å². The van der Waals surface area contributed by atoms with Crippen LogP contribution in [0.1, 0.15) is 37.8 Å². The number of benzene rings is 2. The van der Waals surface area contributed by atoms with Gasteiger partial charge in [0.25, 0.3) is 0 Å². The second-order valence-corrected chi connectivity index (χ2v) is 10.4. The van der Waals surface area contributed by atoms with E-state index >= 15 is 0 Å². The summed E-state index contributed by atoms with van der Waals surface area (Å²) in [7, 11) is -3.46. The summed E-state index contributed by atoms with van der Waals surface area (Å²) in [5.41, 5.74) is 7.72. The lowest BCUT2D eigenvalue weighted by molar-refractivity contribution is 0.130. The van der Waals surface area contributed by atoms with Crippen molar-refractivity contribution in [1.29, 1.82) is 10.8 Å². The van der Waals surface area contributed by atoms with E-state index in [0.717, 1.165) is 31.5 Å². The molecule has 35 heavy (non-hydrogen) atoms. The molecule has 0 radical (unpaired) electrons. The summed E-state index contributed by atoms with van der Waals surface area (Å²) in [5.74, 6) is 1.29. The molecule has 0 aliphatic carbocycles. The third-order valence-electron chi connectivity index (χ3n) is 5.89. The van der Waals surface area contributed by atoms with E-state index in [0.29, 0.717) is 35.8 Å². The third-order valence-corrected chi connectivity index (χ3v) is 7.68. The number of nitrogens with zero attached hydrogens (tertiary/aromatic N) is 2. The molecule has 8 nitrogen and oxygen atoms in total. The van der Waals surface area contributed by atoms with Crippen LogP contribution in [0, 0.1) is 10.8 Å². The van der Waals surface area contributed by atoms with E-state index in [1.165, 1.54) is 4.31 Å². The van der Waals surface area contributed by atoms with Gasteiger partial charge in [-0.2, -0.15) is 0 Å². The molecular weight excluding hydrogens is 509 g/mol. The van der Waals surface area contributed by atoms with Gasteiger partial charge in [-0.3, -0.25) is 15.1 Å². The number of hydrogen-bond acceptors (Lipinski definition) is 5. The Morgan fingerprint density at radius 2 is 1.74 bits per heavy atom. The van der Waals surface area contributed by atoms with Crippen LogP contribution in [0.4, 0.5) is 5.69 Å². The Morgan fingerprint density at radius 1 is 1.11 bits per heavy atom. The largest absolute Gasteiger partial charge is 0.490 e. The van der Waals surface area contributed by atoms with E-state index < -0.39 is 10.0 Å². The summed E-state index contributed by atoms with van der Waals surface area (Å²) in [6.45, 7) is 5.35. The van der Waals surface area contributed by atoms with Crippen LogP contribution in [-0.2, 0) is 16.4 Å². The summed E-state index contributed by atoms with van der Waals surface area (Å²) in [6.07, 6.45) is 2.31. The molecule has 4 N–H and O–H groups in total. The second kappa shape index (κ2) is 13.6. The highest BCUT2D eigenvalue weighted by Gasteiger charge is 2.22. The molecule has 0 spiro atoms. The van der Waals surface area contributed by atoms with E-state index in [1.807, 2.05) is 35.2 Å². The predicted molar refractivity (Wildman–Crippen MR) is 148 cm³/mol. The van der Waals surface area contributed by atoms with Crippen molar-refractivity contribution in [2.75, 3.05) is 29.7 Å². The summed E-state index contributed by atoms with van der Waals surface area (Å²) in [4.78, 5) is 2.04. The number of sulfonamides is 1. The van der Waals surface area contributed by atoms with Crippen LogP contribution in [0.15, 0.2) is 48.5 Å². The predicted octanol–water partition coefficient (Wildman–Crippen LogP) is 4.05. The highest BCUT2D eigenvalue weighted by atomic mass is 35.5. The number of nitrogens with one attached hydrogen (secondary N) is 2. The lowest BCUT2D eigenvalue weighted by Crippen LogP contribution is -2.40. The minimum Gasteiger partial charge on any atom is -0.490 e. The molecule has 1 aliphatic rings. The zero-order valence-electron chi connectivity index (χ0n) is 20.1. The average Bonchev–Trinajstić information content (AvgIpc) is 2.80. The molecule has 11 heteroatoms. The smallest absolute Gasteiger partial charge is 0.234 e. The number of halogens is 2. The van der Waals surface area contributed by atoms with E-state index in [4.69, 9.17) is 21.3 Å².